The predicted octanol–water partition coefficient (Wildman–Crippen LogP) is 2.88. The third-order valence-corrected chi connectivity index (χ3v) is 4.54. The van der Waals surface area contributed by atoms with Gasteiger partial charge in [-0.15, -0.1) is 24.0 Å². The van der Waals surface area contributed by atoms with E-state index in [1.54, 1.807) is 14.2 Å². The highest BCUT2D eigenvalue weighted by Gasteiger charge is 2.14. The van der Waals surface area contributed by atoms with Gasteiger partial charge in [0.1, 0.15) is 0 Å². The molecule has 1 atom stereocenters. The minimum atomic E-state index is 0. The second-order valence-corrected chi connectivity index (χ2v) is 6.74. The van der Waals surface area contributed by atoms with Crippen LogP contribution in [0.15, 0.2) is 4.99 Å². The summed E-state index contributed by atoms with van der Waals surface area (Å²) in [7, 11) is 3.50. The van der Waals surface area contributed by atoms with E-state index in [1.807, 2.05) is 18.5 Å². The van der Waals surface area contributed by atoms with Gasteiger partial charge in [0.25, 0.3) is 0 Å². The van der Waals surface area contributed by atoms with Crippen LogP contribution in [0, 0.1) is 19.8 Å². The monoisotopic (exact) mass is 495 g/mol. The van der Waals surface area contributed by atoms with E-state index in [4.69, 9.17) is 9.47 Å². The number of methoxy groups -OCH3 is 1. The first-order valence-corrected chi connectivity index (χ1v) is 9.52. The molecule has 1 heterocycles. The van der Waals surface area contributed by atoms with Crippen molar-refractivity contribution >= 4 is 29.9 Å². The number of halogens is 1. The Morgan fingerprint density at radius 1 is 1.26 bits per heavy atom. The lowest BCUT2D eigenvalue weighted by Gasteiger charge is -2.21. The highest BCUT2D eigenvalue weighted by Crippen LogP contribution is 2.13. The lowest BCUT2D eigenvalue weighted by atomic mass is 10.0. The van der Waals surface area contributed by atoms with Gasteiger partial charge < -0.3 is 20.1 Å². The molecular weight excluding hydrogens is 457 g/mol. The number of ether oxygens (including phenoxy) is 2. The van der Waals surface area contributed by atoms with Gasteiger partial charge in [-0.25, -0.2) is 0 Å². The molecular formula is C19H38IN5O2. The minimum absolute atomic E-state index is 0. The maximum atomic E-state index is 5.79. The minimum Gasteiger partial charge on any atom is -0.383 e. The van der Waals surface area contributed by atoms with Crippen LogP contribution in [0.1, 0.15) is 44.1 Å². The zero-order chi connectivity index (χ0) is 19.5. The summed E-state index contributed by atoms with van der Waals surface area (Å²) in [6, 6.07) is 0. The average molecular weight is 495 g/mol. The molecule has 0 fully saturated rings. The van der Waals surface area contributed by atoms with Crippen molar-refractivity contribution in [3.63, 3.8) is 0 Å². The molecule has 158 valence electrons. The Hall–Kier alpha value is -0.870. The largest absolute Gasteiger partial charge is 0.383 e. The van der Waals surface area contributed by atoms with Gasteiger partial charge in [-0.1, -0.05) is 13.8 Å². The molecule has 7 nitrogen and oxygen atoms in total. The molecule has 0 bridgehead atoms. The number of hydrogen-bond acceptors (Lipinski definition) is 4. The first-order chi connectivity index (χ1) is 12.4. The number of hydrogen-bond donors (Lipinski definition) is 2. The van der Waals surface area contributed by atoms with Gasteiger partial charge in [-0.3, -0.25) is 9.67 Å². The molecule has 0 spiro atoms. The standard InChI is InChI=1S/C19H37N5O2.HI/c1-8-26-18(14(2)3)9-10-21-19(20-6)22-13-17-15(4)23-24(16(17)5)11-12-25-7;/h14,18H,8-13H2,1-7H3,(H2,20,21,22);1H. The van der Waals surface area contributed by atoms with Crippen molar-refractivity contribution in [2.45, 2.75) is 60.2 Å². The highest BCUT2D eigenvalue weighted by atomic mass is 127. The second kappa shape index (κ2) is 14.2. The van der Waals surface area contributed by atoms with E-state index in [1.165, 1.54) is 11.3 Å². The smallest absolute Gasteiger partial charge is 0.191 e. The van der Waals surface area contributed by atoms with Gasteiger partial charge in [0, 0.05) is 45.1 Å². The van der Waals surface area contributed by atoms with E-state index < -0.39 is 0 Å². The van der Waals surface area contributed by atoms with Crippen molar-refractivity contribution in [1.29, 1.82) is 0 Å². The van der Waals surface area contributed by atoms with Crippen molar-refractivity contribution in [3.8, 4) is 0 Å². The molecule has 0 saturated heterocycles. The topological polar surface area (TPSA) is 72.7 Å². The number of guanidine groups is 1. The van der Waals surface area contributed by atoms with Gasteiger partial charge in [0.2, 0.25) is 0 Å². The summed E-state index contributed by atoms with van der Waals surface area (Å²) in [5, 5.41) is 11.4. The van der Waals surface area contributed by atoms with Crippen LogP contribution >= 0.6 is 24.0 Å². The van der Waals surface area contributed by atoms with E-state index >= 15 is 0 Å². The third-order valence-electron chi connectivity index (χ3n) is 4.54. The van der Waals surface area contributed by atoms with E-state index in [0.29, 0.717) is 19.1 Å². The van der Waals surface area contributed by atoms with E-state index in [2.05, 4.69) is 41.5 Å². The molecule has 2 N–H and O–H groups in total. The van der Waals surface area contributed by atoms with Crippen LogP contribution in [0.25, 0.3) is 0 Å². The lowest BCUT2D eigenvalue weighted by molar-refractivity contribution is 0.0258. The number of aliphatic imine (C=N–C) groups is 1. The summed E-state index contributed by atoms with van der Waals surface area (Å²) in [5.74, 6) is 1.31. The Bertz CT molecular complexity index is 561. The van der Waals surface area contributed by atoms with Gasteiger partial charge in [-0.2, -0.15) is 5.10 Å². The Morgan fingerprint density at radius 3 is 2.52 bits per heavy atom. The summed E-state index contributed by atoms with van der Waals surface area (Å²) in [5.41, 5.74) is 3.41. The van der Waals surface area contributed by atoms with E-state index in [-0.39, 0.29) is 30.1 Å². The summed E-state index contributed by atoms with van der Waals surface area (Å²) in [6.45, 7) is 14.3. The summed E-state index contributed by atoms with van der Waals surface area (Å²) in [6.07, 6.45) is 1.23. The van der Waals surface area contributed by atoms with Gasteiger partial charge in [0.15, 0.2) is 5.96 Å². The molecule has 1 unspecified atom stereocenters. The summed E-state index contributed by atoms with van der Waals surface area (Å²) < 4.78 is 12.9. The fraction of sp³-hybridized carbons (Fsp3) is 0.789. The van der Waals surface area contributed by atoms with Gasteiger partial charge in [0.05, 0.1) is 24.9 Å². The molecule has 0 aromatic carbocycles. The SMILES string of the molecule is CCOC(CCNC(=NC)NCc1c(C)nn(CCOC)c1C)C(C)C.I. The lowest BCUT2D eigenvalue weighted by Crippen LogP contribution is -2.39. The van der Waals surface area contributed by atoms with Crippen LogP contribution in [0.5, 0.6) is 0 Å². The third kappa shape index (κ3) is 8.78. The fourth-order valence-corrected chi connectivity index (χ4v) is 2.93. The van der Waals surface area contributed by atoms with Crippen LogP contribution in [0.3, 0.4) is 0 Å². The normalized spacial score (nSPS) is 12.8. The Kier molecular flexibility index (Phi) is 13.7. The molecule has 0 amide bonds. The number of rotatable bonds is 11. The van der Waals surface area contributed by atoms with Crippen molar-refractivity contribution < 1.29 is 9.47 Å². The maximum absolute atomic E-state index is 5.79. The van der Waals surface area contributed by atoms with Gasteiger partial charge in [-0.05, 0) is 33.1 Å². The van der Waals surface area contributed by atoms with Crippen molar-refractivity contribution in [3.05, 3.63) is 17.0 Å². The van der Waals surface area contributed by atoms with Crippen LogP contribution in [0.2, 0.25) is 0 Å². The van der Waals surface area contributed by atoms with Gasteiger partial charge >= 0.3 is 0 Å². The fourth-order valence-electron chi connectivity index (χ4n) is 2.93. The zero-order valence-electron chi connectivity index (χ0n) is 18.0. The van der Waals surface area contributed by atoms with Crippen LogP contribution in [-0.4, -0.2) is 55.8 Å². The van der Waals surface area contributed by atoms with Crippen molar-refractivity contribution in [2.24, 2.45) is 10.9 Å². The zero-order valence-corrected chi connectivity index (χ0v) is 20.3. The molecule has 27 heavy (non-hydrogen) atoms. The summed E-state index contributed by atoms with van der Waals surface area (Å²) in [4.78, 5) is 4.31. The van der Waals surface area contributed by atoms with Crippen LogP contribution in [-0.2, 0) is 22.6 Å². The molecule has 0 aliphatic rings. The maximum Gasteiger partial charge on any atom is 0.191 e. The number of aromatic nitrogens is 2. The number of nitrogens with zero attached hydrogens (tertiary/aromatic N) is 3. The molecule has 0 aliphatic heterocycles. The highest BCUT2D eigenvalue weighted by molar-refractivity contribution is 14.0. The molecule has 0 radical (unpaired) electrons. The Morgan fingerprint density at radius 2 is 1.96 bits per heavy atom. The molecule has 0 aliphatic carbocycles. The molecule has 0 saturated carbocycles. The first-order valence-electron chi connectivity index (χ1n) is 9.52. The first kappa shape index (κ1) is 26.1. The second-order valence-electron chi connectivity index (χ2n) is 6.74. The quantitative estimate of drug-likeness (QED) is 0.281. The van der Waals surface area contributed by atoms with E-state index in [0.717, 1.165) is 37.8 Å². The number of nitrogens with one attached hydrogen (secondary N) is 2. The summed E-state index contributed by atoms with van der Waals surface area (Å²) >= 11 is 0. The molecule has 1 aromatic heterocycles. The predicted molar refractivity (Wildman–Crippen MR) is 122 cm³/mol. The van der Waals surface area contributed by atoms with Crippen molar-refractivity contribution in [2.75, 3.05) is 33.9 Å². The van der Waals surface area contributed by atoms with E-state index in [9.17, 15) is 0 Å². The van der Waals surface area contributed by atoms with Crippen LogP contribution in [0.4, 0.5) is 0 Å². The molecule has 1 rings (SSSR count). The Labute approximate surface area is 181 Å². The van der Waals surface area contributed by atoms with Crippen LogP contribution < -0.4 is 10.6 Å². The molecule has 1 aromatic rings. The Balaban J connectivity index is 0.00000676. The van der Waals surface area contributed by atoms with Crippen molar-refractivity contribution in [1.82, 2.24) is 20.4 Å². The molecule has 8 heteroatoms. The average Bonchev–Trinajstić information content (AvgIpc) is 2.88. The number of aryl methyl sites for hydroxylation is 1.